The van der Waals surface area contributed by atoms with Gasteiger partial charge in [-0.25, -0.2) is 0 Å². The van der Waals surface area contributed by atoms with Crippen LogP contribution >= 0.6 is 0 Å². The Balaban J connectivity index is 0. The number of hydrogen-bond donors (Lipinski definition) is 4. The van der Waals surface area contributed by atoms with Crippen molar-refractivity contribution in [2.75, 3.05) is 33.4 Å². The molecule has 0 aliphatic heterocycles. The quantitative estimate of drug-likeness (QED) is 0.189. The first-order valence-electron chi connectivity index (χ1n) is 15.6. The summed E-state index contributed by atoms with van der Waals surface area (Å²) in [6.45, 7) is 31.9. The maximum Gasteiger partial charge on any atom is 0.128 e. The molecule has 0 bridgehead atoms. The number of likely N-dealkylation sites (N-methyl/N-ethyl adjacent to an activating group) is 1. The molecule has 0 heterocycles. The third-order valence-electron chi connectivity index (χ3n) is 6.96. The van der Waals surface area contributed by atoms with Crippen LogP contribution < -0.4 is 0 Å². The van der Waals surface area contributed by atoms with Crippen LogP contribution in [0.3, 0.4) is 0 Å². The molecular weight excluding hydrogens is 584 g/mol. The number of phenols is 2. The minimum absolute atomic E-state index is 0. The third kappa shape index (κ3) is 14.6. The van der Waals surface area contributed by atoms with Gasteiger partial charge in [0.05, 0.1) is 6.54 Å². The van der Waals surface area contributed by atoms with E-state index >= 15 is 0 Å². The van der Waals surface area contributed by atoms with Crippen LogP contribution in [0.5, 0.6) is 11.5 Å². The normalized spacial score (nSPS) is 12.3. The molecule has 0 aliphatic carbocycles. The Hall–Kier alpha value is -1.70. The van der Waals surface area contributed by atoms with E-state index in [4.69, 9.17) is 10.2 Å². The topological polar surface area (TPSA) is 96.5 Å². The van der Waals surface area contributed by atoms with Gasteiger partial charge in [0.25, 0.3) is 0 Å². The number of aliphatic imine (C=N–C) groups is 1. The molecular formula is C37H64N2O4Ti. The van der Waals surface area contributed by atoms with E-state index in [1.807, 2.05) is 6.21 Å². The fraction of sp³-hybridized carbons (Fsp3) is 0.649. The van der Waals surface area contributed by atoms with E-state index in [2.05, 4.69) is 124 Å². The third-order valence-corrected chi connectivity index (χ3v) is 6.96. The summed E-state index contributed by atoms with van der Waals surface area (Å²) in [7, 11) is 2.06. The first kappa shape index (κ1) is 44.4. The van der Waals surface area contributed by atoms with Crippen molar-refractivity contribution in [1.82, 2.24) is 4.90 Å². The number of aliphatic hydroxyl groups excluding tert-OH is 2. The molecule has 2 aromatic carbocycles. The van der Waals surface area contributed by atoms with Gasteiger partial charge in [0.2, 0.25) is 0 Å². The van der Waals surface area contributed by atoms with Crippen molar-refractivity contribution >= 4 is 6.21 Å². The second kappa shape index (κ2) is 18.5. The van der Waals surface area contributed by atoms with Gasteiger partial charge in [0.15, 0.2) is 0 Å². The van der Waals surface area contributed by atoms with Crippen molar-refractivity contribution in [2.24, 2.45) is 4.99 Å². The summed E-state index contributed by atoms with van der Waals surface area (Å²) in [6, 6.07) is 8.49. The van der Waals surface area contributed by atoms with Gasteiger partial charge in [-0.2, -0.15) is 0 Å². The zero-order valence-electron chi connectivity index (χ0n) is 30.6. The Morgan fingerprint density at radius 3 is 1.43 bits per heavy atom. The molecule has 0 aliphatic rings. The first-order chi connectivity index (χ1) is 19.4. The second-order valence-electron chi connectivity index (χ2n) is 15.4. The Kier molecular flexibility index (Phi) is 18.6. The van der Waals surface area contributed by atoms with Gasteiger partial charge in [0, 0.05) is 70.9 Å². The average molecular weight is 649 g/mol. The van der Waals surface area contributed by atoms with E-state index in [1.54, 1.807) is 13.8 Å². The average Bonchev–Trinajstić information content (AvgIpc) is 2.82. The number of rotatable bonds is 6. The zero-order valence-corrected chi connectivity index (χ0v) is 32.2. The number of hydrogen-bond acceptors (Lipinski definition) is 6. The van der Waals surface area contributed by atoms with Crippen LogP contribution in [0.1, 0.15) is 130 Å². The largest absolute Gasteiger partial charge is 0.507 e. The second-order valence-corrected chi connectivity index (χ2v) is 15.4. The van der Waals surface area contributed by atoms with Crippen molar-refractivity contribution in [3.63, 3.8) is 0 Å². The molecule has 4 N–H and O–H groups in total. The molecule has 7 heteroatoms. The van der Waals surface area contributed by atoms with Crippen LogP contribution in [-0.4, -0.2) is 64.9 Å². The van der Waals surface area contributed by atoms with Gasteiger partial charge >= 0.3 is 0 Å². The smallest absolute Gasteiger partial charge is 0.128 e. The van der Waals surface area contributed by atoms with Crippen LogP contribution in [0.15, 0.2) is 29.3 Å². The molecule has 0 atom stereocenters. The summed E-state index contributed by atoms with van der Waals surface area (Å²) < 4.78 is 0. The fourth-order valence-electron chi connectivity index (χ4n) is 4.34. The van der Waals surface area contributed by atoms with Crippen LogP contribution in [-0.2, 0) is 49.9 Å². The van der Waals surface area contributed by atoms with Crippen molar-refractivity contribution in [2.45, 2.75) is 125 Å². The van der Waals surface area contributed by atoms with Crippen LogP contribution in [0, 0.1) is 0 Å². The van der Waals surface area contributed by atoms with Gasteiger partial charge in [-0.05, 0) is 65.3 Å². The Morgan fingerprint density at radius 2 is 1.05 bits per heavy atom. The summed E-state index contributed by atoms with van der Waals surface area (Å²) in [5, 5.41) is 37.3. The van der Waals surface area contributed by atoms with Gasteiger partial charge in [-0.1, -0.05) is 101 Å². The Bertz CT molecular complexity index is 1160. The van der Waals surface area contributed by atoms with Crippen LogP contribution in [0.25, 0.3) is 0 Å². The molecule has 0 radical (unpaired) electrons. The standard InChI is InChI=1S/C33H52N2O2.2C2H6O.Ti/c1-30(2,3)24-16-22(28(36)26(18-24)32(7,8)9)20-34-14-15-35(13)21-23-17-25(31(4,5)6)19-27(29(23)37)33(10,11)12;2*1-2-3;/h16-20,36-37H,14-15,21H2,1-13H3;2*3H,2H2,1H3;. The summed E-state index contributed by atoms with van der Waals surface area (Å²) in [5.41, 5.74) is 5.76. The molecule has 0 amide bonds. The van der Waals surface area contributed by atoms with Gasteiger partial charge in [0.1, 0.15) is 11.5 Å². The maximum atomic E-state index is 11.1. The molecule has 2 aromatic rings. The molecule has 44 heavy (non-hydrogen) atoms. The maximum absolute atomic E-state index is 11.1. The van der Waals surface area contributed by atoms with Crippen molar-refractivity contribution < 1.29 is 42.1 Å². The van der Waals surface area contributed by atoms with Gasteiger partial charge in [-0.15, -0.1) is 0 Å². The molecule has 0 fully saturated rings. The summed E-state index contributed by atoms with van der Waals surface area (Å²) in [6.07, 6.45) is 1.81. The summed E-state index contributed by atoms with van der Waals surface area (Å²) >= 11 is 0. The van der Waals surface area contributed by atoms with E-state index in [1.165, 1.54) is 11.1 Å². The predicted octanol–water partition coefficient (Wildman–Crippen LogP) is 7.83. The molecule has 0 spiro atoms. The van der Waals surface area contributed by atoms with Crippen molar-refractivity contribution in [3.05, 3.63) is 57.6 Å². The van der Waals surface area contributed by atoms with Crippen molar-refractivity contribution in [1.29, 1.82) is 0 Å². The monoisotopic (exact) mass is 648 g/mol. The van der Waals surface area contributed by atoms with E-state index in [-0.39, 0.29) is 56.6 Å². The van der Waals surface area contributed by atoms with E-state index in [0.717, 1.165) is 28.8 Å². The number of aliphatic hydroxyl groups is 2. The molecule has 250 valence electrons. The van der Waals surface area contributed by atoms with Gasteiger partial charge in [-0.3, -0.25) is 4.99 Å². The van der Waals surface area contributed by atoms with E-state index in [9.17, 15) is 10.2 Å². The SMILES string of the molecule is CCO.CCO.CN(CCN=Cc1cc(C(C)(C)C)cc(C(C)(C)C)c1O)Cc1cc(C(C)(C)C)cc(C(C)(C)C)c1O.[Ti]. The summed E-state index contributed by atoms with van der Waals surface area (Å²) in [5.74, 6) is 0.714. The summed E-state index contributed by atoms with van der Waals surface area (Å²) in [4.78, 5) is 6.87. The van der Waals surface area contributed by atoms with Gasteiger partial charge < -0.3 is 25.3 Å². The Morgan fingerprint density at radius 1 is 0.659 bits per heavy atom. The molecule has 0 saturated heterocycles. The number of benzene rings is 2. The number of nitrogens with zero attached hydrogens (tertiary/aromatic N) is 2. The van der Waals surface area contributed by atoms with E-state index < -0.39 is 0 Å². The number of phenolic OH excluding ortho intramolecular Hbond substituents is 2. The van der Waals surface area contributed by atoms with Crippen LogP contribution in [0.2, 0.25) is 0 Å². The number of aromatic hydroxyl groups is 2. The van der Waals surface area contributed by atoms with E-state index in [0.29, 0.717) is 24.6 Å². The molecule has 6 nitrogen and oxygen atoms in total. The molecule has 0 aromatic heterocycles. The van der Waals surface area contributed by atoms with Crippen molar-refractivity contribution in [3.8, 4) is 11.5 Å². The zero-order chi connectivity index (χ0) is 34.0. The molecule has 0 saturated carbocycles. The minimum atomic E-state index is -0.163. The first-order valence-corrected chi connectivity index (χ1v) is 15.6. The molecule has 0 unspecified atom stereocenters. The minimum Gasteiger partial charge on any atom is -0.507 e. The Labute approximate surface area is 284 Å². The fourth-order valence-corrected chi connectivity index (χ4v) is 4.34. The molecule has 2 rings (SSSR count). The predicted molar refractivity (Wildman–Crippen MR) is 185 cm³/mol. The van der Waals surface area contributed by atoms with Crippen LogP contribution in [0.4, 0.5) is 0 Å².